The molecule has 5 heteroatoms. The quantitative estimate of drug-likeness (QED) is 0.691. The Morgan fingerprint density at radius 2 is 1.67 bits per heavy atom. The lowest BCUT2D eigenvalue weighted by Gasteiger charge is -2.17. The maximum atomic E-state index is 11.5. The van der Waals surface area contributed by atoms with Crippen LogP contribution >= 0.6 is 0 Å². The van der Waals surface area contributed by atoms with E-state index in [9.17, 15) is 9.59 Å². The van der Waals surface area contributed by atoms with Crippen LogP contribution in [0.3, 0.4) is 0 Å². The molecular formula is C10H17N3O2. The van der Waals surface area contributed by atoms with Gasteiger partial charge in [0.25, 0.3) is 0 Å². The third-order valence-electron chi connectivity index (χ3n) is 2.57. The van der Waals surface area contributed by atoms with Crippen molar-refractivity contribution in [3.63, 3.8) is 0 Å². The standard InChI is InChI=1S/C10H17N3O2/c1-13(10(15)12-8-4-5-8)6-9(14)11-7-2-3-7/h7-8H,2-6H2,1H3,(H,11,14)(H,12,15). The molecular weight excluding hydrogens is 194 g/mol. The van der Waals surface area contributed by atoms with E-state index < -0.39 is 0 Å². The Kier molecular flexibility index (Phi) is 2.79. The molecule has 2 N–H and O–H groups in total. The number of hydrogen-bond donors (Lipinski definition) is 2. The lowest BCUT2D eigenvalue weighted by Crippen LogP contribution is -2.44. The first-order chi connectivity index (χ1) is 7.15. The van der Waals surface area contributed by atoms with Crippen LogP contribution in [-0.2, 0) is 4.79 Å². The van der Waals surface area contributed by atoms with Gasteiger partial charge in [0, 0.05) is 19.1 Å². The average molecular weight is 211 g/mol. The molecule has 0 atom stereocenters. The van der Waals surface area contributed by atoms with Gasteiger partial charge in [-0.25, -0.2) is 4.79 Å². The molecule has 0 saturated heterocycles. The summed E-state index contributed by atoms with van der Waals surface area (Å²) in [6, 6.07) is 0.548. The first-order valence-corrected chi connectivity index (χ1v) is 5.46. The van der Waals surface area contributed by atoms with Gasteiger partial charge in [-0.05, 0) is 25.7 Å². The van der Waals surface area contributed by atoms with Gasteiger partial charge in [0.1, 0.15) is 6.54 Å². The van der Waals surface area contributed by atoms with Gasteiger partial charge >= 0.3 is 6.03 Å². The van der Waals surface area contributed by atoms with Crippen LogP contribution in [0.15, 0.2) is 0 Å². The van der Waals surface area contributed by atoms with Gasteiger partial charge < -0.3 is 15.5 Å². The molecule has 2 rings (SSSR count). The zero-order valence-corrected chi connectivity index (χ0v) is 8.95. The Labute approximate surface area is 89.2 Å². The summed E-state index contributed by atoms with van der Waals surface area (Å²) in [5.41, 5.74) is 0. The highest BCUT2D eigenvalue weighted by Gasteiger charge is 2.27. The van der Waals surface area contributed by atoms with E-state index in [0.717, 1.165) is 25.7 Å². The number of nitrogens with one attached hydrogen (secondary N) is 2. The molecule has 15 heavy (non-hydrogen) atoms. The van der Waals surface area contributed by atoms with Gasteiger partial charge in [-0.2, -0.15) is 0 Å². The Morgan fingerprint density at radius 3 is 2.20 bits per heavy atom. The smallest absolute Gasteiger partial charge is 0.317 e. The van der Waals surface area contributed by atoms with Crippen molar-refractivity contribution in [3.8, 4) is 0 Å². The topological polar surface area (TPSA) is 61.4 Å². The van der Waals surface area contributed by atoms with E-state index in [-0.39, 0.29) is 18.5 Å². The zero-order valence-electron chi connectivity index (χ0n) is 8.95. The minimum Gasteiger partial charge on any atom is -0.352 e. The molecule has 84 valence electrons. The molecule has 0 aromatic rings. The fraction of sp³-hybridized carbons (Fsp3) is 0.800. The van der Waals surface area contributed by atoms with Crippen molar-refractivity contribution in [1.82, 2.24) is 15.5 Å². The number of urea groups is 1. The number of hydrogen-bond acceptors (Lipinski definition) is 2. The average Bonchev–Trinajstić information content (AvgIpc) is 2.98. The number of rotatable bonds is 4. The van der Waals surface area contributed by atoms with Crippen molar-refractivity contribution in [1.29, 1.82) is 0 Å². The predicted octanol–water partition coefficient (Wildman–Crippen LogP) is 0.0688. The van der Waals surface area contributed by atoms with Crippen molar-refractivity contribution in [2.45, 2.75) is 37.8 Å². The summed E-state index contributed by atoms with van der Waals surface area (Å²) in [6.07, 6.45) is 4.27. The number of likely N-dealkylation sites (N-methyl/N-ethyl adjacent to an activating group) is 1. The third kappa shape index (κ3) is 3.42. The van der Waals surface area contributed by atoms with E-state index in [1.54, 1.807) is 7.05 Å². The van der Waals surface area contributed by atoms with E-state index in [4.69, 9.17) is 0 Å². The molecule has 2 aliphatic rings. The van der Waals surface area contributed by atoms with Crippen LogP contribution < -0.4 is 10.6 Å². The molecule has 5 nitrogen and oxygen atoms in total. The highest BCUT2D eigenvalue weighted by Crippen LogP contribution is 2.19. The van der Waals surface area contributed by atoms with Gasteiger partial charge in [0.15, 0.2) is 0 Å². The van der Waals surface area contributed by atoms with Crippen LogP contribution in [0.5, 0.6) is 0 Å². The Balaban J connectivity index is 1.66. The summed E-state index contributed by atoms with van der Waals surface area (Å²) in [5.74, 6) is -0.0639. The van der Waals surface area contributed by atoms with E-state index in [1.165, 1.54) is 4.90 Å². The largest absolute Gasteiger partial charge is 0.352 e. The second kappa shape index (κ2) is 4.08. The lowest BCUT2D eigenvalue weighted by molar-refractivity contribution is -0.121. The van der Waals surface area contributed by atoms with Gasteiger partial charge in [0.2, 0.25) is 5.91 Å². The van der Waals surface area contributed by atoms with Crippen LogP contribution in [0.4, 0.5) is 4.79 Å². The molecule has 0 aromatic heterocycles. The number of amides is 3. The molecule has 2 saturated carbocycles. The third-order valence-corrected chi connectivity index (χ3v) is 2.57. The minimum absolute atomic E-state index is 0.0639. The van der Waals surface area contributed by atoms with Crippen LogP contribution in [0.1, 0.15) is 25.7 Å². The van der Waals surface area contributed by atoms with Gasteiger partial charge in [0.05, 0.1) is 0 Å². The molecule has 0 bridgehead atoms. The SMILES string of the molecule is CN(CC(=O)NC1CC1)C(=O)NC1CC1. The summed E-state index contributed by atoms with van der Waals surface area (Å²) >= 11 is 0. The maximum absolute atomic E-state index is 11.5. The Morgan fingerprint density at radius 1 is 1.13 bits per heavy atom. The highest BCUT2D eigenvalue weighted by molar-refractivity contribution is 5.84. The number of nitrogens with zero attached hydrogens (tertiary/aromatic N) is 1. The number of carbonyl (C=O) groups is 2. The van der Waals surface area contributed by atoms with Gasteiger partial charge in [-0.3, -0.25) is 4.79 Å². The second-order valence-corrected chi connectivity index (χ2v) is 4.42. The molecule has 0 unspecified atom stereocenters. The van der Waals surface area contributed by atoms with E-state index in [1.807, 2.05) is 0 Å². The fourth-order valence-electron chi connectivity index (χ4n) is 1.30. The van der Waals surface area contributed by atoms with Crippen molar-refractivity contribution >= 4 is 11.9 Å². The Bertz CT molecular complexity index is 272. The molecule has 0 aromatic carbocycles. The molecule has 3 amide bonds. The van der Waals surface area contributed by atoms with Crippen molar-refractivity contribution < 1.29 is 9.59 Å². The van der Waals surface area contributed by atoms with Crippen molar-refractivity contribution in [2.24, 2.45) is 0 Å². The summed E-state index contributed by atoms with van der Waals surface area (Å²) in [4.78, 5) is 24.3. The molecule has 0 radical (unpaired) electrons. The summed E-state index contributed by atoms with van der Waals surface area (Å²) in [7, 11) is 1.64. The highest BCUT2D eigenvalue weighted by atomic mass is 16.2. The second-order valence-electron chi connectivity index (χ2n) is 4.42. The predicted molar refractivity (Wildman–Crippen MR) is 55.3 cm³/mol. The zero-order chi connectivity index (χ0) is 10.8. The Hall–Kier alpha value is -1.26. The maximum Gasteiger partial charge on any atom is 0.317 e. The fourth-order valence-corrected chi connectivity index (χ4v) is 1.30. The van der Waals surface area contributed by atoms with Crippen LogP contribution in [0.2, 0.25) is 0 Å². The van der Waals surface area contributed by atoms with Gasteiger partial charge in [-0.15, -0.1) is 0 Å². The van der Waals surface area contributed by atoms with Gasteiger partial charge in [-0.1, -0.05) is 0 Å². The first-order valence-electron chi connectivity index (χ1n) is 5.46. The van der Waals surface area contributed by atoms with Crippen LogP contribution in [0.25, 0.3) is 0 Å². The minimum atomic E-state index is -0.150. The molecule has 0 heterocycles. The van der Waals surface area contributed by atoms with E-state index in [0.29, 0.717) is 12.1 Å². The van der Waals surface area contributed by atoms with Crippen molar-refractivity contribution in [2.75, 3.05) is 13.6 Å². The summed E-state index contributed by atoms with van der Waals surface area (Å²) in [5, 5.41) is 5.68. The van der Waals surface area contributed by atoms with E-state index in [2.05, 4.69) is 10.6 Å². The monoisotopic (exact) mass is 211 g/mol. The molecule has 2 fully saturated rings. The number of carbonyl (C=O) groups excluding carboxylic acids is 2. The summed E-state index contributed by atoms with van der Waals surface area (Å²) < 4.78 is 0. The van der Waals surface area contributed by atoms with Crippen molar-refractivity contribution in [3.05, 3.63) is 0 Å². The lowest BCUT2D eigenvalue weighted by atomic mass is 10.5. The molecule has 0 spiro atoms. The van der Waals surface area contributed by atoms with Crippen LogP contribution in [0, 0.1) is 0 Å². The first kappa shape index (κ1) is 10.3. The molecule has 0 aliphatic heterocycles. The summed E-state index contributed by atoms with van der Waals surface area (Å²) in [6.45, 7) is 0.148. The van der Waals surface area contributed by atoms with E-state index >= 15 is 0 Å². The van der Waals surface area contributed by atoms with Crippen LogP contribution in [-0.4, -0.2) is 42.5 Å². The molecule has 2 aliphatic carbocycles. The normalized spacial score (nSPS) is 19.5.